The van der Waals surface area contributed by atoms with Crippen molar-refractivity contribution >= 4 is 27.5 Å². The molecule has 2 aromatic rings. The van der Waals surface area contributed by atoms with E-state index in [0.29, 0.717) is 6.07 Å². The van der Waals surface area contributed by atoms with Gasteiger partial charge in [-0.2, -0.15) is 13.2 Å². The third kappa shape index (κ3) is 4.65. The first-order valence-corrected chi connectivity index (χ1v) is 8.73. The number of halogens is 4. The van der Waals surface area contributed by atoms with Crippen molar-refractivity contribution in [2.24, 2.45) is 0 Å². The monoisotopic (exact) mass is 408 g/mol. The zero-order valence-electron chi connectivity index (χ0n) is 13.1. The Labute approximate surface area is 151 Å². The minimum absolute atomic E-state index is 0.0632. The molecule has 0 bridgehead atoms. The number of benzene rings is 2. The summed E-state index contributed by atoms with van der Waals surface area (Å²) in [5.74, 6) is -0.773. The van der Waals surface area contributed by atoms with Crippen LogP contribution in [0.15, 0.2) is 47.4 Å². The van der Waals surface area contributed by atoms with Crippen LogP contribution in [0.4, 0.5) is 13.2 Å². The van der Waals surface area contributed by atoms with Crippen molar-refractivity contribution in [3.05, 3.63) is 58.6 Å². The Bertz CT molecular complexity index is 933. The van der Waals surface area contributed by atoms with Gasteiger partial charge in [0.1, 0.15) is 5.75 Å². The van der Waals surface area contributed by atoms with Gasteiger partial charge in [-0.1, -0.05) is 17.7 Å². The van der Waals surface area contributed by atoms with E-state index in [2.05, 4.69) is 0 Å². The molecule has 6 nitrogen and oxygen atoms in total. The lowest BCUT2D eigenvalue weighted by Crippen LogP contribution is -2.41. The van der Waals surface area contributed by atoms with Crippen molar-refractivity contribution in [2.45, 2.75) is 11.1 Å². The fraction of sp³-hybridized carbons (Fsp3) is 0.133. The number of hydrazine groups is 1. The van der Waals surface area contributed by atoms with Gasteiger partial charge in [0.2, 0.25) is 0 Å². The molecular weight excluding hydrogens is 397 g/mol. The quantitative estimate of drug-likeness (QED) is 0.745. The minimum Gasteiger partial charge on any atom is -0.496 e. The number of nitrogens with one attached hydrogen (secondary N) is 2. The van der Waals surface area contributed by atoms with Crippen LogP contribution in [0.5, 0.6) is 5.75 Å². The molecule has 0 aliphatic heterocycles. The van der Waals surface area contributed by atoms with Gasteiger partial charge in [0.25, 0.3) is 15.9 Å². The molecule has 0 radical (unpaired) electrons. The third-order valence-corrected chi connectivity index (χ3v) is 4.66. The van der Waals surface area contributed by atoms with Crippen LogP contribution < -0.4 is 15.0 Å². The van der Waals surface area contributed by atoms with Crippen LogP contribution >= 0.6 is 11.6 Å². The molecule has 2 rings (SSSR count). The van der Waals surface area contributed by atoms with Crippen LogP contribution in [0.1, 0.15) is 15.9 Å². The molecule has 0 aliphatic rings. The molecule has 0 fully saturated rings. The maximum atomic E-state index is 12.7. The molecule has 0 saturated carbocycles. The molecule has 11 heteroatoms. The number of carbonyl (C=O) groups is 1. The minimum atomic E-state index is -4.71. The largest absolute Gasteiger partial charge is 0.496 e. The van der Waals surface area contributed by atoms with E-state index in [9.17, 15) is 26.4 Å². The zero-order valence-corrected chi connectivity index (χ0v) is 14.7. The van der Waals surface area contributed by atoms with Gasteiger partial charge < -0.3 is 4.74 Å². The van der Waals surface area contributed by atoms with Crippen LogP contribution in [-0.2, 0) is 16.2 Å². The predicted octanol–water partition coefficient (Wildman–Crippen LogP) is 2.99. The number of methoxy groups -OCH3 is 1. The van der Waals surface area contributed by atoms with Crippen molar-refractivity contribution in [2.75, 3.05) is 7.11 Å². The summed E-state index contributed by atoms with van der Waals surface area (Å²) in [7, 11) is -3.13. The average Bonchev–Trinajstić information content (AvgIpc) is 2.59. The van der Waals surface area contributed by atoms with Gasteiger partial charge in [-0.3, -0.25) is 10.2 Å². The maximum Gasteiger partial charge on any atom is 0.416 e. The Hall–Kier alpha value is -2.30. The fourth-order valence-electron chi connectivity index (χ4n) is 1.94. The Kier molecular flexibility index (Phi) is 5.79. The van der Waals surface area contributed by atoms with Crippen LogP contribution in [0, 0.1) is 0 Å². The van der Waals surface area contributed by atoms with Crippen molar-refractivity contribution in [1.82, 2.24) is 10.3 Å². The Morgan fingerprint density at radius 2 is 1.85 bits per heavy atom. The Balaban J connectivity index is 2.21. The van der Waals surface area contributed by atoms with Gasteiger partial charge in [-0.05, 0) is 36.4 Å². The molecule has 1 amide bonds. The van der Waals surface area contributed by atoms with Gasteiger partial charge >= 0.3 is 6.18 Å². The first-order chi connectivity index (χ1) is 12.0. The number of alkyl halides is 3. The highest BCUT2D eigenvalue weighted by atomic mass is 35.5. The van der Waals surface area contributed by atoms with Gasteiger partial charge in [-0.25, -0.2) is 8.42 Å². The molecule has 0 unspecified atom stereocenters. The van der Waals surface area contributed by atoms with Gasteiger partial charge in [-0.15, -0.1) is 4.83 Å². The van der Waals surface area contributed by atoms with E-state index in [1.54, 1.807) is 4.83 Å². The van der Waals surface area contributed by atoms with Crippen LogP contribution in [-0.4, -0.2) is 21.4 Å². The second-order valence-electron chi connectivity index (χ2n) is 4.93. The van der Waals surface area contributed by atoms with E-state index in [1.165, 1.54) is 25.3 Å². The lowest BCUT2D eigenvalue weighted by Gasteiger charge is -2.12. The van der Waals surface area contributed by atoms with E-state index < -0.39 is 32.6 Å². The number of sulfonamides is 1. The topological polar surface area (TPSA) is 84.5 Å². The first kappa shape index (κ1) is 20.0. The summed E-state index contributed by atoms with van der Waals surface area (Å²) in [5.41, 5.74) is 0.702. The molecule has 0 aromatic heterocycles. The summed E-state index contributed by atoms with van der Waals surface area (Å²) < 4.78 is 67.3. The molecule has 0 spiro atoms. The molecule has 140 valence electrons. The van der Waals surface area contributed by atoms with E-state index in [0.717, 1.165) is 18.2 Å². The van der Waals surface area contributed by atoms with Crippen molar-refractivity contribution in [1.29, 1.82) is 0 Å². The third-order valence-electron chi connectivity index (χ3n) is 3.18. The molecule has 0 atom stereocenters. The summed E-state index contributed by atoms with van der Waals surface area (Å²) in [6.45, 7) is 0. The number of carbonyl (C=O) groups excluding carboxylic acids is 1. The van der Waals surface area contributed by atoms with E-state index >= 15 is 0 Å². The number of hydrogen-bond acceptors (Lipinski definition) is 4. The number of amides is 1. The second-order valence-corrected chi connectivity index (χ2v) is 7.05. The summed E-state index contributed by atoms with van der Waals surface area (Å²) in [5, 5.41) is 0.205. The highest BCUT2D eigenvalue weighted by Gasteiger charge is 2.31. The Morgan fingerprint density at radius 1 is 1.15 bits per heavy atom. The first-order valence-electron chi connectivity index (χ1n) is 6.87. The van der Waals surface area contributed by atoms with Crippen molar-refractivity contribution < 1.29 is 31.1 Å². The zero-order chi connectivity index (χ0) is 19.5. The number of hydrogen-bond donors (Lipinski definition) is 2. The van der Waals surface area contributed by atoms with Gasteiger partial charge in [0, 0.05) is 5.02 Å². The summed E-state index contributed by atoms with van der Waals surface area (Å²) >= 11 is 5.78. The van der Waals surface area contributed by atoms with Gasteiger partial charge in [0.15, 0.2) is 0 Å². The molecule has 2 aromatic carbocycles. The lowest BCUT2D eigenvalue weighted by atomic mass is 10.2. The SMILES string of the molecule is COc1ccc(Cl)cc1C(=O)NNS(=O)(=O)c1cccc(C(F)(F)F)c1. The summed E-state index contributed by atoms with van der Waals surface area (Å²) in [6.07, 6.45) is -4.71. The normalized spacial score (nSPS) is 11.9. The van der Waals surface area contributed by atoms with Gasteiger partial charge in [0.05, 0.1) is 23.1 Å². The van der Waals surface area contributed by atoms with E-state index in [1.807, 2.05) is 5.43 Å². The fourth-order valence-corrected chi connectivity index (χ4v) is 2.99. The standard InChI is InChI=1S/C15H12ClF3N2O4S/c1-25-13-6-5-10(16)8-12(13)14(22)20-21-26(23,24)11-4-2-3-9(7-11)15(17,18)19/h2-8,21H,1H3,(H,20,22). The lowest BCUT2D eigenvalue weighted by molar-refractivity contribution is -0.137. The van der Waals surface area contributed by atoms with Crippen LogP contribution in [0.3, 0.4) is 0 Å². The van der Waals surface area contributed by atoms with E-state index in [-0.39, 0.29) is 16.3 Å². The Morgan fingerprint density at radius 3 is 2.46 bits per heavy atom. The second kappa shape index (κ2) is 7.52. The van der Waals surface area contributed by atoms with Crippen LogP contribution in [0.2, 0.25) is 5.02 Å². The molecular formula is C15H12ClF3N2O4S. The molecule has 26 heavy (non-hydrogen) atoms. The molecule has 0 heterocycles. The summed E-state index contributed by atoms with van der Waals surface area (Å²) in [6, 6.07) is 7.20. The molecule has 0 saturated heterocycles. The number of rotatable bonds is 5. The van der Waals surface area contributed by atoms with E-state index in [4.69, 9.17) is 16.3 Å². The predicted molar refractivity (Wildman–Crippen MR) is 87.2 cm³/mol. The highest BCUT2D eigenvalue weighted by molar-refractivity contribution is 7.89. The van der Waals surface area contributed by atoms with Crippen molar-refractivity contribution in [3.63, 3.8) is 0 Å². The maximum absolute atomic E-state index is 12.7. The molecule has 0 aliphatic carbocycles. The van der Waals surface area contributed by atoms with Crippen molar-refractivity contribution in [3.8, 4) is 5.75 Å². The molecule has 2 N–H and O–H groups in total. The number of ether oxygens (including phenoxy) is 1. The average molecular weight is 409 g/mol. The summed E-state index contributed by atoms with van der Waals surface area (Å²) in [4.78, 5) is 13.2. The smallest absolute Gasteiger partial charge is 0.416 e. The van der Waals surface area contributed by atoms with Crippen LogP contribution in [0.25, 0.3) is 0 Å². The highest BCUT2D eigenvalue weighted by Crippen LogP contribution is 2.30.